The lowest BCUT2D eigenvalue weighted by molar-refractivity contribution is 0.248. The molecule has 0 aliphatic rings. The zero-order valence-corrected chi connectivity index (χ0v) is 17.9. The van der Waals surface area contributed by atoms with Crippen LogP contribution in [0.25, 0.3) is 0 Å². The Morgan fingerprint density at radius 2 is 1.62 bits per heavy atom. The normalized spacial score (nSPS) is 10.4. The third kappa shape index (κ3) is 7.06. The second-order valence-corrected chi connectivity index (χ2v) is 8.45. The van der Waals surface area contributed by atoms with Gasteiger partial charge in [0, 0.05) is 17.2 Å². The summed E-state index contributed by atoms with van der Waals surface area (Å²) in [5.74, 6) is 11.3. The summed E-state index contributed by atoms with van der Waals surface area (Å²) < 4.78 is 35.6. The average molecular weight is 449 g/mol. The van der Waals surface area contributed by atoms with Crippen molar-refractivity contribution in [3.05, 3.63) is 93.5 Å². The molecule has 0 saturated heterocycles. The van der Waals surface area contributed by atoms with Gasteiger partial charge in [-0.1, -0.05) is 30.0 Å². The number of aromatic hydroxyl groups is 1. The molecule has 3 aromatic rings. The molecule has 0 atom stereocenters. The van der Waals surface area contributed by atoms with Gasteiger partial charge in [0.15, 0.2) is 5.76 Å². The van der Waals surface area contributed by atoms with Gasteiger partial charge in [-0.05, 0) is 48.2 Å². The van der Waals surface area contributed by atoms with Crippen LogP contribution in [-0.2, 0) is 23.2 Å². The van der Waals surface area contributed by atoms with Crippen molar-refractivity contribution in [1.82, 2.24) is 4.72 Å². The van der Waals surface area contributed by atoms with Gasteiger partial charge in [-0.3, -0.25) is 4.79 Å². The first kappa shape index (κ1) is 22.7. The Kier molecular flexibility index (Phi) is 7.35. The van der Waals surface area contributed by atoms with Gasteiger partial charge in [0.2, 0.25) is 21.2 Å². The Labute approximate surface area is 185 Å². The highest BCUT2D eigenvalue weighted by Gasteiger charge is 2.13. The van der Waals surface area contributed by atoms with Crippen LogP contribution in [0.1, 0.15) is 22.6 Å². The van der Waals surface area contributed by atoms with Crippen LogP contribution in [0.2, 0.25) is 0 Å². The molecule has 0 bridgehead atoms. The van der Waals surface area contributed by atoms with Crippen LogP contribution >= 0.6 is 0 Å². The first-order valence-corrected chi connectivity index (χ1v) is 11.3. The molecule has 3 rings (SSSR count). The summed E-state index contributed by atoms with van der Waals surface area (Å²) in [6, 6.07) is 17.4. The third-order valence-corrected chi connectivity index (χ3v) is 4.70. The Bertz CT molecular complexity index is 1370. The largest absolute Gasteiger partial charge is 0.502 e. The first-order chi connectivity index (χ1) is 15.3. The topological polar surface area (TPSA) is 106 Å². The molecule has 32 heavy (non-hydrogen) atoms. The van der Waals surface area contributed by atoms with Crippen molar-refractivity contribution in [2.75, 3.05) is 6.26 Å². The van der Waals surface area contributed by atoms with Crippen molar-refractivity contribution in [2.45, 2.75) is 13.2 Å². The van der Waals surface area contributed by atoms with Gasteiger partial charge in [-0.25, -0.2) is 13.1 Å². The fourth-order valence-electron chi connectivity index (χ4n) is 2.49. The van der Waals surface area contributed by atoms with E-state index in [2.05, 4.69) is 28.4 Å². The van der Waals surface area contributed by atoms with Crippen LogP contribution in [0.4, 0.5) is 0 Å². The van der Waals surface area contributed by atoms with Crippen molar-refractivity contribution in [1.29, 1.82) is 0 Å². The Hall–Kier alpha value is -3.98. The van der Waals surface area contributed by atoms with Crippen LogP contribution < -0.4 is 14.9 Å². The van der Waals surface area contributed by atoms with Gasteiger partial charge in [0.1, 0.15) is 18.1 Å². The molecule has 0 fully saturated rings. The lowest BCUT2D eigenvalue weighted by Crippen LogP contribution is -2.22. The molecule has 0 spiro atoms. The second-order valence-electron chi connectivity index (χ2n) is 6.62. The monoisotopic (exact) mass is 449 g/mol. The second kappa shape index (κ2) is 10.4. The minimum absolute atomic E-state index is 0.0547. The molecule has 8 heteroatoms. The van der Waals surface area contributed by atoms with E-state index >= 15 is 0 Å². The Morgan fingerprint density at radius 3 is 2.25 bits per heavy atom. The predicted molar refractivity (Wildman–Crippen MR) is 119 cm³/mol. The highest BCUT2D eigenvalue weighted by atomic mass is 32.2. The van der Waals surface area contributed by atoms with E-state index in [-0.39, 0.29) is 24.7 Å². The van der Waals surface area contributed by atoms with E-state index in [4.69, 9.17) is 9.15 Å². The number of benzene rings is 2. The molecule has 1 aromatic heterocycles. The van der Waals surface area contributed by atoms with Gasteiger partial charge in [0.25, 0.3) is 0 Å². The van der Waals surface area contributed by atoms with Gasteiger partial charge in [0.05, 0.1) is 12.8 Å². The highest BCUT2D eigenvalue weighted by Crippen LogP contribution is 2.18. The molecule has 0 aliphatic heterocycles. The summed E-state index contributed by atoms with van der Waals surface area (Å²) in [7, 11) is -3.47. The smallest absolute Gasteiger partial charge is 0.227 e. The zero-order valence-electron chi connectivity index (χ0n) is 17.1. The van der Waals surface area contributed by atoms with Crippen LogP contribution in [0, 0.1) is 23.7 Å². The maximum Gasteiger partial charge on any atom is 0.227 e. The Morgan fingerprint density at radius 1 is 1.00 bits per heavy atom. The van der Waals surface area contributed by atoms with Crippen LogP contribution in [-0.4, -0.2) is 19.8 Å². The van der Waals surface area contributed by atoms with Crippen molar-refractivity contribution in [3.8, 4) is 35.2 Å². The zero-order chi connectivity index (χ0) is 23.0. The lowest BCUT2D eigenvalue weighted by Gasteiger charge is -2.09. The van der Waals surface area contributed by atoms with E-state index in [0.29, 0.717) is 5.75 Å². The summed E-state index contributed by atoms with van der Waals surface area (Å²) in [6.45, 7) is -0.441. The Balaban J connectivity index is 1.63. The van der Waals surface area contributed by atoms with Gasteiger partial charge in [-0.2, -0.15) is 0 Å². The molecule has 2 aromatic carbocycles. The van der Waals surface area contributed by atoms with Crippen molar-refractivity contribution in [2.24, 2.45) is 0 Å². The van der Waals surface area contributed by atoms with E-state index in [0.717, 1.165) is 23.4 Å². The quantitative estimate of drug-likeness (QED) is 0.560. The van der Waals surface area contributed by atoms with E-state index in [9.17, 15) is 18.3 Å². The van der Waals surface area contributed by atoms with E-state index < -0.39 is 21.2 Å². The summed E-state index contributed by atoms with van der Waals surface area (Å²) in [5.41, 5.74) is 0.932. The molecule has 7 nitrogen and oxygen atoms in total. The molecule has 0 amide bonds. The van der Waals surface area contributed by atoms with E-state index in [1.165, 1.54) is 0 Å². The number of sulfonamides is 1. The van der Waals surface area contributed by atoms with Gasteiger partial charge in [-0.15, -0.1) is 0 Å². The minimum atomic E-state index is -3.47. The summed E-state index contributed by atoms with van der Waals surface area (Å²) >= 11 is 0. The lowest BCUT2D eigenvalue weighted by atomic mass is 10.2. The minimum Gasteiger partial charge on any atom is -0.502 e. The SMILES string of the molecule is CS(=O)(=O)NCc1cc(=O)c(O)c(COc2ccc(C#CC#Cc3ccccc3)cc2)o1. The summed E-state index contributed by atoms with van der Waals surface area (Å²) in [6.07, 6.45) is 0.986. The predicted octanol–water partition coefficient (Wildman–Crippen LogP) is 2.38. The summed E-state index contributed by atoms with van der Waals surface area (Å²) in [4.78, 5) is 11.9. The molecular formula is C24H19NO6S. The molecule has 0 unspecified atom stereocenters. The van der Waals surface area contributed by atoms with Gasteiger partial charge >= 0.3 is 0 Å². The molecule has 0 saturated carbocycles. The van der Waals surface area contributed by atoms with Crippen molar-refractivity contribution >= 4 is 10.0 Å². The molecule has 2 N–H and O–H groups in total. The number of hydrogen-bond donors (Lipinski definition) is 2. The standard InChI is InChI=1S/C24H19NO6S/c1-32(28,29)25-16-21-15-22(26)24(27)23(31-21)17-30-20-13-11-19(12-14-20)10-6-5-9-18-7-3-2-4-8-18/h2-4,7-8,11-15,25,27H,16-17H2,1H3. The maximum absolute atomic E-state index is 11.9. The highest BCUT2D eigenvalue weighted by molar-refractivity contribution is 7.88. The average Bonchev–Trinajstić information content (AvgIpc) is 2.77. The number of rotatable bonds is 6. The molecule has 0 radical (unpaired) electrons. The van der Waals surface area contributed by atoms with Gasteiger partial charge < -0.3 is 14.3 Å². The van der Waals surface area contributed by atoms with E-state index in [1.807, 2.05) is 30.3 Å². The molecular weight excluding hydrogens is 430 g/mol. The van der Waals surface area contributed by atoms with Crippen LogP contribution in [0.15, 0.2) is 69.9 Å². The summed E-state index contributed by atoms with van der Waals surface area (Å²) in [5, 5.41) is 9.92. The first-order valence-electron chi connectivity index (χ1n) is 9.39. The number of hydrogen-bond acceptors (Lipinski definition) is 6. The van der Waals surface area contributed by atoms with Crippen LogP contribution in [0.5, 0.6) is 11.5 Å². The van der Waals surface area contributed by atoms with E-state index in [1.54, 1.807) is 24.3 Å². The maximum atomic E-state index is 11.9. The molecule has 162 valence electrons. The number of nitrogens with one attached hydrogen (secondary N) is 1. The fourth-order valence-corrected chi connectivity index (χ4v) is 2.89. The van der Waals surface area contributed by atoms with Crippen LogP contribution in [0.3, 0.4) is 0 Å². The fraction of sp³-hybridized carbons (Fsp3) is 0.125. The van der Waals surface area contributed by atoms with Crippen molar-refractivity contribution in [3.63, 3.8) is 0 Å². The molecule has 0 aliphatic carbocycles. The molecule has 1 heterocycles. The third-order valence-electron chi connectivity index (χ3n) is 4.03. The number of ether oxygens (including phenoxy) is 1. The van der Waals surface area contributed by atoms with Crippen molar-refractivity contribution < 1.29 is 22.7 Å².